The molecule has 16 valence electrons. The molecular weight excluding hydrogens is 140 g/mol. The summed E-state index contributed by atoms with van der Waals surface area (Å²) in [6.07, 6.45) is 0. The van der Waals surface area contributed by atoms with Crippen LogP contribution in [0, 0.1) is 0 Å². The summed E-state index contributed by atoms with van der Waals surface area (Å²) in [6.45, 7) is 0. The van der Waals surface area contributed by atoms with E-state index in [1.54, 1.807) is 0 Å². The number of rotatable bonds is 0. The monoisotopic (exact) mass is 142 g/mol. The third kappa shape index (κ3) is 8.83. The quantitative estimate of drug-likeness (QED) is 0.376. The molecule has 0 aromatic heterocycles. The molecule has 0 N–H and O–H groups in total. The van der Waals surface area contributed by atoms with Gasteiger partial charge in [-0.1, -0.05) is 0 Å². The van der Waals surface area contributed by atoms with E-state index < -0.39 is 0 Å². The average molecular weight is 143 g/mol. The van der Waals surface area contributed by atoms with Crippen LogP contribution in [-0.4, -0.2) is 48.4 Å². The second-order valence-electron chi connectivity index (χ2n) is 0. The van der Waals surface area contributed by atoms with E-state index in [0.29, 0.717) is 0 Å². The van der Waals surface area contributed by atoms with Gasteiger partial charge in [-0.15, -0.1) is 0 Å². The van der Waals surface area contributed by atoms with E-state index in [2.05, 4.69) is 0 Å². The number of halogens is 1. The molecule has 0 aliphatic heterocycles. The van der Waals surface area contributed by atoms with Gasteiger partial charge in [0.1, 0.15) is 0 Å². The molecule has 0 aromatic carbocycles. The first kappa shape index (κ1) is 32.3. The Morgan fingerprint density at radius 3 is 1.00 bits per heavy atom. The van der Waals surface area contributed by atoms with Crippen molar-refractivity contribution in [1.29, 1.82) is 0 Å². The zero-order chi connectivity index (χ0) is 0. The zero-order valence-corrected chi connectivity index (χ0v) is 3.37. The first-order chi connectivity index (χ1) is 0. The Balaban J connectivity index is 0. The van der Waals surface area contributed by atoms with E-state index >= 15 is 0 Å². The van der Waals surface area contributed by atoms with Gasteiger partial charge in [0, 0.05) is 26.2 Å². The Morgan fingerprint density at radius 2 is 1.00 bits per heavy atom. The topological polar surface area (TPSA) is 0 Å². The third-order valence-electron chi connectivity index (χ3n) is 0. The van der Waals surface area contributed by atoms with Crippen molar-refractivity contribution in [3.63, 3.8) is 0 Å². The standard InChI is InChI=1S/FH.Li.Na.Zr.2H/h1H;;;;;. The van der Waals surface area contributed by atoms with Gasteiger partial charge < -0.3 is 0 Å². The van der Waals surface area contributed by atoms with Gasteiger partial charge >= 0.3 is 48.4 Å². The molecular formula is H3FLiNaZr. The van der Waals surface area contributed by atoms with Crippen molar-refractivity contribution in [2.24, 2.45) is 0 Å². The normalized spacial score (nSPS) is 0. The summed E-state index contributed by atoms with van der Waals surface area (Å²) in [7, 11) is 0. The van der Waals surface area contributed by atoms with Gasteiger partial charge in [0.15, 0.2) is 0 Å². The Hall–Kier alpha value is 2.41. The molecule has 0 heterocycles. The third-order valence-corrected chi connectivity index (χ3v) is 0. The molecule has 0 amide bonds. The van der Waals surface area contributed by atoms with Crippen molar-refractivity contribution in [1.82, 2.24) is 0 Å². The Morgan fingerprint density at radius 1 is 1.00 bits per heavy atom. The van der Waals surface area contributed by atoms with Crippen LogP contribution < -0.4 is 0 Å². The number of hydrogen-bond acceptors (Lipinski definition) is 0. The Labute approximate surface area is 78.1 Å². The molecule has 0 aliphatic rings. The van der Waals surface area contributed by atoms with Crippen LogP contribution in [-0.2, 0) is 26.2 Å². The van der Waals surface area contributed by atoms with E-state index in [4.69, 9.17) is 0 Å². The summed E-state index contributed by atoms with van der Waals surface area (Å²) in [5.74, 6) is 0. The summed E-state index contributed by atoms with van der Waals surface area (Å²) in [5.41, 5.74) is 0. The fraction of sp³-hybridized carbons (Fsp3) is 0. The Kier molecular flexibility index (Phi) is 146. The van der Waals surface area contributed by atoms with Crippen molar-refractivity contribution in [3.05, 3.63) is 0 Å². The van der Waals surface area contributed by atoms with Gasteiger partial charge in [-0.2, -0.15) is 0 Å². The molecule has 0 unspecified atom stereocenters. The van der Waals surface area contributed by atoms with Crippen molar-refractivity contribution in [2.45, 2.75) is 0 Å². The molecule has 0 spiro atoms. The molecule has 0 nitrogen and oxygen atoms in total. The maximum Gasteiger partial charge on any atom is 0 e. The summed E-state index contributed by atoms with van der Waals surface area (Å²) in [4.78, 5) is 0. The zero-order valence-electron chi connectivity index (χ0n) is 0.908. The van der Waals surface area contributed by atoms with Crippen LogP contribution in [0.25, 0.3) is 0 Å². The van der Waals surface area contributed by atoms with Crippen LogP contribution in [0.15, 0.2) is 0 Å². The summed E-state index contributed by atoms with van der Waals surface area (Å²) >= 11 is 0. The van der Waals surface area contributed by atoms with Crippen LogP contribution in [0.5, 0.6) is 0 Å². The predicted molar refractivity (Wildman–Crippen MR) is 16.8 cm³/mol. The molecule has 0 aromatic rings. The summed E-state index contributed by atoms with van der Waals surface area (Å²) in [6, 6.07) is 0. The molecule has 0 saturated heterocycles. The minimum absolute atomic E-state index is 0. The fourth-order valence-corrected chi connectivity index (χ4v) is 0. The Bertz CT molecular complexity index is 8.00. The van der Waals surface area contributed by atoms with E-state index in [0.717, 1.165) is 0 Å². The maximum absolute atomic E-state index is 0. The van der Waals surface area contributed by atoms with Crippen LogP contribution in [0.1, 0.15) is 0 Å². The molecule has 0 atom stereocenters. The van der Waals surface area contributed by atoms with Crippen molar-refractivity contribution in [2.75, 3.05) is 0 Å². The minimum Gasteiger partial charge on any atom is 0 e. The molecule has 0 rings (SSSR count). The summed E-state index contributed by atoms with van der Waals surface area (Å²) in [5, 5.41) is 0. The van der Waals surface area contributed by atoms with Gasteiger partial charge in [-0.25, -0.2) is 0 Å². The van der Waals surface area contributed by atoms with E-state index in [1.807, 2.05) is 0 Å². The smallest absolute Gasteiger partial charge is 0 e. The molecule has 0 saturated carbocycles. The van der Waals surface area contributed by atoms with Crippen molar-refractivity contribution in [3.8, 4) is 0 Å². The first-order valence-electron chi connectivity index (χ1n) is 0. The van der Waals surface area contributed by atoms with Gasteiger partial charge in [-0.3, -0.25) is 4.70 Å². The van der Waals surface area contributed by atoms with Crippen LogP contribution in [0.4, 0.5) is 4.70 Å². The largest absolute Gasteiger partial charge is 0 e. The van der Waals surface area contributed by atoms with Gasteiger partial charge in [-0.05, 0) is 0 Å². The van der Waals surface area contributed by atoms with Crippen LogP contribution in [0.3, 0.4) is 0 Å². The molecule has 4 heavy (non-hydrogen) atoms. The SMILES string of the molecule is F.[LiH].[NaH].[Zr]. The fourth-order valence-electron chi connectivity index (χ4n) is 0. The molecule has 0 bridgehead atoms. The van der Waals surface area contributed by atoms with E-state index in [-0.39, 0.29) is 79.3 Å². The molecule has 4 heteroatoms. The molecule has 0 radical (unpaired) electrons. The van der Waals surface area contributed by atoms with Crippen LogP contribution >= 0.6 is 0 Å². The minimum atomic E-state index is 0. The van der Waals surface area contributed by atoms with E-state index in [1.165, 1.54) is 0 Å². The average Bonchev–Trinajstić information content (AvgIpc) is 0. The van der Waals surface area contributed by atoms with E-state index in [9.17, 15) is 0 Å². The van der Waals surface area contributed by atoms with Crippen molar-refractivity contribution >= 4 is 48.4 Å². The van der Waals surface area contributed by atoms with Crippen LogP contribution in [0.2, 0.25) is 0 Å². The van der Waals surface area contributed by atoms with Gasteiger partial charge in [0.25, 0.3) is 0 Å². The first-order valence-corrected chi connectivity index (χ1v) is 0. The van der Waals surface area contributed by atoms with Gasteiger partial charge in [0.05, 0.1) is 0 Å². The summed E-state index contributed by atoms with van der Waals surface area (Å²) < 4.78 is 0. The predicted octanol–water partition coefficient (Wildman–Crippen LogP) is -1.15. The maximum atomic E-state index is 0. The van der Waals surface area contributed by atoms with Crippen molar-refractivity contribution < 1.29 is 30.9 Å². The van der Waals surface area contributed by atoms with Gasteiger partial charge in [0.2, 0.25) is 0 Å². The molecule has 0 fully saturated rings. The second kappa shape index (κ2) is 18.1. The second-order valence-corrected chi connectivity index (χ2v) is 0. The molecule has 0 aliphatic carbocycles. The number of hydrogen-bond donors (Lipinski definition) is 0.